The van der Waals surface area contributed by atoms with Crippen molar-refractivity contribution in [3.05, 3.63) is 0 Å². The number of amides is 1. The van der Waals surface area contributed by atoms with Crippen LogP contribution in [0.3, 0.4) is 0 Å². The smallest absolute Gasteiger partial charge is 0.234 e. The van der Waals surface area contributed by atoms with E-state index in [1.54, 1.807) is 0 Å². The molecule has 0 heterocycles. The zero-order valence-electron chi connectivity index (χ0n) is 13.9. The van der Waals surface area contributed by atoms with Crippen molar-refractivity contribution in [2.45, 2.75) is 82.8 Å². The summed E-state index contributed by atoms with van der Waals surface area (Å²) in [6.07, 6.45) is 11.1. The molecule has 21 heavy (non-hydrogen) atoms. The Hall–Kier alpha value is -0.610. The van der Waals surface area contributed by atoms with Crippen molar-refractivity contribution >= 4 is 5.91 Å². The topological polar surface area (TPSA) is 44.4 Å². The lowest BCUT2D eigenvalue weighted by Gasteiger charge is -2.35. The summed E-state index contributed by atoms with van der Waals surface area (Å²) in [5.74, 6) is 0.221. The second-order valence-electron chi connectivity index (χ2n) is 6.88. The van der Waals surface area contributed by atoms with Gasteiger partial charge in [-0.15, -0.1) is 0 Å². The number of likely N-dealkylation sites (N-methyl/N-ethyl adjacent to an activating group) is 1. The molecule has 0 radical (unpaired) electrons. The van der Waals surface area contributed by atoms with Crippen LogP contribution < -0.4 is 10.6 Å². The molecular weight excluding hydrogens is 262 g/mol. The number of carbonyl (C=O) groups is 1. The standard InChI is InChI=1S/C17H33N3O/c1-3-18-14-9-11-16(12-10-14)20(2)13-17(21)19-15-7-5-4-6-8-15/h14-16,18H,3-13H2,1-2H3,(H,19,21). The Bertz CT molecular complexity index is 307. The summed E-state index contributed by atoms with van der Waals surface area (Å²) in [7, 11) is 2.11. The van der Waals surface area contributed by atoms with E-state index in [0.717, 1.165) is 6.54 Å². The summed E-state index contributed by atoms with van der Waals surface area (Å²) in [6, 6.07) is 1.71. The summed E-state index contributed by atoms with van der Waals surface area (Å²) in [5, 5.41) is 6.77. The maximum absolute atomic E-state index is 12.2. The summed E-state index contributed by atoms with van der Waals surface area (Å²) >= 11 is 0. The van der Waals surface area contributed by atoms with Crippen LogP contribution in [0.15, 0.2) is 0 Å². The average Bonchev–Trinajstić information content (AvgIpc) is 2.49. The molecule has 0 spiro atoms. The number of carbonyl (C=O) groups excluding carboxylic acids is 1. The lowest BCUT2D eigenvalue weighted by molar-refractivity contribution is -0.123. The van der Waals surface area contributed by atoms with Crippen LogP contribution in [0.5, 0.6) is 0 Å². The van der Waals surface area contributed by atoms with Crippen LogP contribution in [0.4, 0.5) is 0 Å². The zero-order chi connectivity index (χ0) is 15.1. The van der Waals surface area contributed by atoms with Crippen LogP contribution in [0.1, 0.15) is 64.7 Å². The predicted octanol–water partition coefficient (Wildman–Crippen LogP) is 2.29. The van der Waals surface area contributed by atoms with Crippen molar-refractivity contribution in [2.24, 2.45) is 0 Å². The number of nitrogens with zero attached hydrogens (tertiary/aromatic N) is 1. The van der Waals surface area contributed by atoms with Crippen LogP contribution in [-0.4, -0.2) is 49.1 Å². The molecule has 0 aromatic carbocycles. The molecule has 0 bridgehead atoms. The molecule has 0 atom stereocenters. The van der Waals surface area contributed by atoms with Crippen LogP contribution in [-0.2, 0) is 4.79 Å². The largest absolute Gasteiger partial charge is 0.352 e. The molecular formula is C17H33N3O. The Labute approximate surface area is 130 Å². The SMILES string of the molecule is CCNC1CCC(N(C)CC(=O)NC2CCCCC2)CC1. The van der Waals surface area contributed by atoms with Gasteiger partial charge in [-0.25, -0.2) is 0 Å². The molecule has 2 fully saturated rings. The van der Waals surface area contributed by atoms with E-state index in [-0.39, 0.29) is 5.91 Å². The van der Waals surface area contributed by atoms with E-state index < -0.39 is 0 Å². The lowest BCUT2D eigenvalue weighted by atomic mass is 9.90. The highest BCUT2D eigenvalue weighted by molar-refractivity contribution is 5.78. The molecule has 0 unspecified atom stereocenters. The van der Waals surface area contributed by atoms with E-state index >= 15 is 0 Å². The van der Waals surface area contributed by atoms with Crippen molar-refractivity contribution in [1.82, 2.24) is 15.5 Å². The fourth-order valence-corrected chi connectivity index (χ4v) is 3.89. The van der Waals surface area contributed by atoms with Gasteiger partial charge in [-0.2, -0.15) is 0 Å². The molecule has 0 aliphatic heterocycles. The van der Waals surface area contributed by atoms with E-state index in [9.17, 15) is 4.79 Å². The van der Waals surface area contributed by atoms with E-state index in [1.807, 2.05) is 0 Å². The average molecular weight is 295 g/mol. The summed E-state index contributed by atoms with van der Waals surface area (Å²) < 4.78 is 0. The second-order valence-corrected chi connectivity index (χ2v) is 6.88. The summed E-state index contributed by atoms with van der Waals surface area (Å²) in [5.41, 5.74) is 0. The fraction of sp³-hybridized carbons (Fsp3) is 0.941. The molecule has 4 heteroatoms. The molecule has 2 N–H and O–H groups in total. The molecule has 0 aromatic rings. The Balaban J connectivity index is 1.66. The van der Waals surface area contributed by atoms with Crippen molar-refractivity contribution < 1.29 is 4.79 Å². The first-order chi connectivity index (χ1) is 10.2. The third kappa shape index (κ3) is 5.59. The van der Waals surface area contributed by atoms with Crippen LogP contribution in [0, 0.1) is 0 Å². The van der Waals surface area contributed by atoms with Crippen LogP contribution in [0.25, 0.3) is 0 Å². The predicted molar refractivity (Wildman–Crippen MR) is 87.4 cm³/mol. The zero-order valence-corrected chi connectivity index (χ0v) is 13.9. The van der Waals surface area contributed by atoms with Gasteiger partial charge in [-0.1, -0.05) is 26.2 Å². The molecule has 2 saturated carbocycles. The van der Waals surface area contributed by atoms with Gasteiger partial charge in [0.15, 0.2) is 0 Å². The van der Waals surface area contributed by atoms with Crippen molar-refractivity contribution in [3.63, 3.8) is 0 Å². The highest BCUT2D eigenvalue weighted by Gasteiger charge is 2.25. The quantitative estimate of drug-likeness (QED) is 0.790. The van der Waals surface area contributed by atoms with Gasteiger partial charge < -0.3 is 10.6 Å². The molecule has 2 rings (SSSR count). The first kappa shape index (κ1) is 16.8. The van der Waals surface area contributed by atoms with Gasteiger partial charge in [0, 0.05) is 18.1 Å². The van der Waals surface area contributed by atoms with E-state index in [0.29, 0.717) is 24.7 Å². The number of rotatable bonds is 6. The van der Waals surface area contributed by atoms with E-state index in [4.69, 9.17) is 0 Å². The number of hydrogen-bond donors (Lipinski definition) is 2. The Morgan fingerprint density at radius 1 is 1.00 bits per heavy atom. The third-order valence-corrected chi connectivity index (χ3v) is 5.18. The maximum Gasteiger partial charge on any atom is 0.234 e. The molecule has 122 valence electrons. The molecule has 2 aliphatic carbocycles. The van der Waals surface area contributed by atoms with Gasteiger partial charge in [-0.05, 0) is 52.1 Å². The Morgan fingerprint density at radius 3 is 2.29 bits per heavy atom. The normalized spacial score (nSPS) is 27.8. The van der Waals surface area contributed by atoms with Crippen LogP contribution >= 0.6 is 0 Å². The first-order valence-corrected chi connectivity index (χ1v) is 8.92. The lowest BCUT2D eigenvalue weighted by Crippen LogP contribution is -2.46. The van der Waals surface area contributed by atoms with Gasteiger partial charge in [0.1, 0.15) is 0 Å². The van der Waals surface area contributed by atoms with Crippen molar-refractivity contribution in [2.75, 3.05) is 20.1 Å². The molecule has 0 aromatic heterocycles. The van der Waals surface area contributed by atoms with Crippen LogP contribution in [0.2, 0.25) is 0 Å². The number of hydrogen-bond acceptors (Lipinski definition) is 3. The maximum atomic E-state index is 12.2. The number of nitrogens with one attached hydrogen (secondary N) is 2. The van der Waals surface area contributed by atoms with Gasteiger partial charge in [-0.3, -0.25) is 9.69 Å². The highest BCUT2D eigenvalue weighted by atomic mass is 16.2. The van der Waals surface area contributed by atoms with E-state index in [1.165, 1.54) is 57.8 Å². The first-order valence-electron chi connectivity index (χ1n) is 8.92. The Kier molecular flexibility index (Phi) is 6.97. The molecule has 0 saturated heterocycles. The van der Waals surface area contributed by atoms with E-state index in [2.05, 4.69) is 29.5 Å². The highest BCUT2D eigenvalue weighted by Crippen LogP contribution is 2.22. The summed E-state index contributed by atoms with van der Waals surface area (Å²) in [6.45, 7) is 3.80. The second kappa shape index (κ2) is 8.74. The van der Waals surface area contributed by atoms with Crippen molar-refractivity contribution in [1.29, 1.82) is 0 Å². The van der Waals surface area contributed by atoms with Gasteiger partial charge >= 0.3 is 0 Å². The summed E-state index contributed by atoms with van der Waals surface area (Å²) in [4.78, 5) is 14.4. The Morgan fingerprint density at radius 2 is 1.67 bits per heavy atom. The van der Waals surface area contributed by atoms with Gasteiger partial charge in [0.25, 0.3) is 0 Å². The molecule has 1 amide bonds. The minimum absolute atomic E-state index is 0.221. The van der Waals surface area contributed by atoms with Crippen molar-refractivity contribution in [3.8, 4) is 0 Å². The minimum Gasteiger partial charge on any atom is -0.352 e. The molecule has 4 nitrogen and oxygen atoms in total. The fourth-order valence-electron chi connectivity index (χ4n) is 3.89. The monoisotopic (exact) mass is 295 g/mol. The van der Waals surface area contributed by atoms with Gasteiger partial charge in [0.2, 0.25) is 5.91 Å². The molecule has 2 aliphatic rings. The van der Waals surface area contributed by atoms with Gasteiger partial charge in [0.05, 0.1) is 6.54 Å². The minimum atomic E-state index is 0.221. The third-order valence-electron chi connectivity index (χ3n) is 5.18.